The Balaban J connectivity index is 1.37. The summed E-state index contributed by atoms with van der Waals surface area (Å²) >= 11 is 0. The summed E-state index contributed by atoms with van der Waals surface area (Å²) < 4.78 is 13.8. The first-order chi connectivity index (χ1) is 17.4. The number of aromatic nitrogens is 1. The van der Waals surface area contributed by atoms with Gasteiger partial charge < -0.3 is 4.90 Å². The SMILES string of the molecule is O=C1CC[C@](CN2Cc3ccc(F)cc3C2=O)(c2ccc(-c3cccc4cccnc34)cc2)C(=O)N1. The first kappa shape index (κ1) is 22.1. The van der Waals surface area contributed by atoms with E-state index in [1.165, 1.54) is 12.1 Å². The summed E-state index contributed by atoms with van der Waals surface area (Å²) in [6.07, 6.45) is 2.21. The van der Waals surface area contributed by atoms with Crippen molar-refractivity contribution in [1.82, 2.24) is 15.2 Å². The Morgan fingerprint density at radius 1 is 0.944 bits per heavy atom. The van der Waals surface area contributed by atoms with Crippen LogP contribution < -0.4 is 5.32 Å². The zero-order valence-corrected chi connectivity index (χ0v) is 19.3. The van der Waals surface area contributed by atoms with Crippen LogP contribution in [0.1, 0.15) is 34.3 Å². The first-order valence-corrected chi connectivity index (χ1v) is 11.8. The number of para-hydroxylation sites is 1. The van der Waals surface area contributed by atoms with E-state index in [2.05, 4.69) is 10.3 Å². The van der Waals surface area contributed by atoms with Crippen LogP contribution in [0.2, 0.25) is 0 Å². The minimum absolute atomic E-state index is 0.0937. The number of piperidine rings is 1. The molecule has 1 fully saturated rings. The molecule has 0 bridgehead atoms. The average molecular weight is 480 g/mol. The molecule has 1 atom stereocenters. The zero-order valence-electron chi connectivity index (χ0n) is 19.3. The maximum atomic E-state index is 13.8. The lowest BCUT2D eigenvalue weighted by Gasteiger charge is -2.38. The number of halogens is 1. The van der Waals surface area contributed by atoms with Gasteiger partial charge in [0.25, 0.3) is 5.91 Å². The van der Waals surface area contributed by atoms with Gasteiger partial charge in [0, 0.05) is 42.2 Å². The number of fused-ring (bicyclic) bond motifs is 2. The number of nitrogens with zero attached hydrogens (tertiary/aromatic N) is 2. The molecule has 0 aliphatic carbocycles. The van der Waals surface area contributed by atoms with E-state index in [9.17, 15) is 18.8 Å². The van der Waals surface area contributed by atoms with Crippen LogP contribution in [-0.2, 0) is 21.5 Å². The third kappa shape index (κ3) is 3.55. The van der Waals surface area contributed by atoms with Gasteiger partial charge in [-0.3, -0.25) is 24.7 Å². The van der Waals surface area contributed by atoms with Gasteiger partial charge in [-0.05, 0) is 41.3 Å². The third-order valence-electron chi connectivity index (χ3n) is 7.26. The lowest BCUT2D eigenvalue weighted by molar-refractivity contribution is -0.138. The molecule has 2 aliphatic heterocycles. The van der Waals surface area contributed by atoms with E-state index >= 15 is 0 Å². The van der Waals surface area contributed by atoms with Gasteiger partial charge in [0.05, 0.1) is 10.9 Å². The lowest BCUT2D eigenvalue weighted by Crippen LogP contribution is -2.56. The summed E-state index contributed by atoms with van der Waals surface area (Å²) in [5.74, 6) is -1.54. The monoisotopic (exact) mass is 479 g/mol. The fourth-order valence-electron chi connectivity index (χ4n) is 5.36. The highest BCUT2D eigenvalue weighted by molar-refractivity contribution is 6.05. The molecule has 4 aromatic rings. The van der Waals surface area contributed by atoms with Crippen molar-refractivity contribution >= 4 is 28.6 Å². The van der Waals surface area contributed by atoms with Gasteiger partial charge in [0.2, 0.25) is 11.8 Å². The molecule has 3 heterocycles. The molecule has 1 aromatic heterocycles. The first-order valence-electron chi connectivity index (χ1n) is 11.8. The molecular weight excluding hydrogens is 457 g/mol. The van der Waals surface area contributed by atoms with E-state index < -0.39 is 17.1 Å². The molecule has 1 N–H and O–H groups in total. The summed E-state index contributed by atoms with van der Waals surface area (Å²) in [6, 6.07) is 21.7. The Morgan fingerprint density at radius 2 is 1.75 bits per heavy atom. The predicted molar refractivity (Wildman–Crippen MR) is 132 cm³/mol. The molecule has 0 saturated carbocycles. The molecule has 3 aromatic carbocycles. The summed E-state index contributed by atoms with van der Waals surface area (Å²) in [6.45, 7) is 0.383. The molecule has 3 amide bonds. The van der Waals surface area contributed by atoms with E-state index in [1.807, 2.05) is 54.6 Å². The number of imide groups is 1. The Morgan fingerprint density at radius 3 is 2.56 bits per heavy atom. The highest BCUT2D eigenvalue weighted by atomic mass is 19.1. The number of pyridine rings is 1. The van der Waals surface area contributed by atoms with Gasteiger partial charge in [-0.2, -0.15) is 0 Å². The summed E-state index contributed by atoms with van der Waals surface area (Å²) in [7, 11) is 0. The van der Waals surface area contributed by atoms with Crippen LogP contribution in [-0.4, -0.2) is 34.2 Å². The molecular formula is C29H22FN3O3. The standard InChI is InChI=1S/C29H22FN3O3/c30-22-11-8-20-16-33(27(35)24(20)15-22)17-29(13-12-25(34)32-28(29)36)21-9-6-18(7-10-21)23-5-1-3-19-4-2-14-31-26(19)23/h1-11,14-15H,12-13,16-17H2,(H,32,34,36)/t29-/m0/s1. The number of carbonyl (C=O) groups is 3. The number of benzene rings is 3. The maximum absolute atomic E-state index is 13.8. The molecule has 1 saturated heterocycles. The van der Waals surface area contributed by atoms with Gasteiger partial charge in [0.1, 0.15) is 5.82 Å². The minimum atomic E-state index is -1.10. The predicted octanol–water partition coefficient (Wildman–Crippen LogP) is 4.37. The number of hydrogen-bond acceptors (Lipinski definition) is 4. The summed E-state index contributed by atoms with van der Waals surface area (Å²) in [4.78, 5) is 44.5. The van der Waals surface area contributed by atoms with E-state index in [0.29, 0.717) is 5.56 Å². The molecule has 0 radical (unpaired) electrons. The van der Waals surface area contributed by atoms with Crippen LogP contribution in [0.3, 0.4) is 0 Å². The Labute approximate surface area is 206 Å². The maximum Gasteiger partial charge on any atom is 0.254 e. The van der Waals surface area contributed by atoms with Crippen molar-refractivity contribution in [2.45, 2.75) is 24.8 Å². The number of rotatable bonds is 4. The topological polar surface area (TPSA) is 79.4 Å². The summed E-state index contributed by atoms with van der Waals surface area (Å²) in [5.41, 5.74) is 3.48. The van der Waals surface area contributed by atoms with Gasteiger partial charge in [-0.1, -0.05) is 54.6 Å². The number of nitrogens with one attached hydrogen (secondary N) is 1. The van der Waals surface area contributed by atoms with Crippen LogP contribution in [0.4, 0.5) is 4.39 Å². The van der Waals surface area contributed by atoms with Crippen molar-refractivity contribution in [3.63, 3.8) is 0 Å². The minimum Gasteiger partial charge on any atom is -0.333 e. The van der Waals surface area contributed by atoms with Crippen molar-refractivity contribution in [1.29, 1.82) is 0 Å². The van der Waals surface area contributed by atoms with Gasteiger partial charge in [-0.25, -0.2) is 4.39 Å². The Hall–Kier alpha value is -4.39. The largest absolute Gasteiger partial charge is 0.333 e. The Kier molecular flexibility index (Phi) is 5.14. The molecule has 36 heavy (non-hydrogen) atoms. The number of hydrogen-bond donors (Lipinski definition) is 1. The highest BCUT2D eigenvalue weighted by Gasteiger charge is 2.47. The lowest BCUT2D eigenvalue weighted by atomic mass is 9.73. The fourth-order valence-corrected chi connectivity index (χ4v) is 5.36. The second-order valence-electron chi connectivity index (χ2n) is 9.38. The highest BCUT2D eigenvalue weighted by Crippen LogP contribution is 2.38. The second-order valence-corrected chi connectivity index (χ2v) is 9.38. The van der Waals surface area contributed by atoms with Crippen LogP contribution in [0.15, 0.2) is 79.0 Å². The Bertz CT molecular complexity index is 1540. The van der Waals surface area contributed by atoms with E-state index in [-0.39, 0.29) is 37.7 Å². The van der Waals surface area contributed by atoms with Crippen LogP contribution in [0.25, 0.3) is 22.0 Å². The van der Waals surface area contributed by atoms with Crippen molar-refractivity contribution in [3.05, 3.63) is 102 Å². The molecule has 6 nitrogen and oxygen atoms in total. The number of carbonyl (C=O) groups excluding carboxylic acids is 3. The van der Waals surface area contributed by atoms with Crippen LogP contribution in [0.5, 0.6) is 0 Å². The van der Waals surface area contributed by atoms with Gasteiger partial charge >= 0.3 is 0 Å². The molecule has 0 unspecified atom stereocenters. The normalized spacial score (nSPS) is 19.5. The van der Waals surface area contributed by atoms with Crippen LogP contribution in [0, 0.1) is 5.82 Å². The molecule has 7 heteroatoms. The number of amides is 3. The second kappa shape index (κ2) is 8.37. The van der Waals surface area contributed by atoms with Crippen molar-refractivity contribution in [3.8, 4) is 11.1 Å². The fraction of sp³-hybridized carbons (Fsp3) is 0.172. The van der Waals surface area contributed by atoms with E-state index in [4.69, 9.17) is 0 Å². The quantitative estimate of drug-likeness (QED) is 0.441. The zero-order chi connectivity index (χ0) is 24.9. The smallest absolute Gasteiger partial charge is 0.254 e. The van der Waals surface area contributed by atoms with Gasteiger partial charge in [-0.15, -0.1) is 0 Å². The molecule has 178 valence electrons. The van der Waals surface area contributed by atoms with E-state index in [1.54, 1.807) is 17.2 Å². The summed E-state index contributed by atoms with van der Waals surface area (Å²) in [5, 5.41) is 3.50. The van der Waals surface area contributed by atoms with E-state index in [0.717, 1.165) is 33.2 Å². The molecule has 0 spiro atoms. The average Bonchev–Trinajstić information content (AvgIpc) is 3.20. The van der Waals surface area contributed by atoms with Crippen molar-refractivity contribution in [2.24, 2.45) is 0 Å². The van der Waals surface area contributed by atoms with Crippen molar-refractivity contribution < 1.29 is 18.8 Å². The van der Waals surface area contributed by atoms with Crippen molar-refractivity contribution in [2.75, 3.05) is 6.54 Å². The third-order valence-corrected chi connectivity index (χ3v) is 7.26. The molecule has 6 rings (SSSR count). The van der Waals surface area contributed by atoms with Gasteiger partial charge in [0.15, 0.2) is 0 Å². The molecule has 2 aliphatic rings. The van der Waals surface area contributed by atoms with Crippen LogP contribution >= 0.6 is 0 Å².